The molecule has 1 rings (SSSR count). The molecule has 116 valence electrons. The lowest BCUT2D eigenvalue weighted by molar-refractivity contribution is -0.124. The lowest BCUT2D eigenvalue weighted by atomic mass is 10.2. The van der Waals surface area contributed by atoms with Crippen molar-refractivity contribution in [3.63, 3.8) is 0 Å². The highest BCUT2D eigenvalue weighted by Gasteiger charge is 2.14. The largest absolute Gasteiger partial charge is 0.492 e. The van der Waals surface area contributed by atoms with E-state index in [-0.39, 0.29) is 11.8 Å². The number of anilines is 1. The van der Waals surface area contributed by atoms with Gasteiger partial charge in [0, 0.05) is 12.6 Å². The SMILES string of the molecule is CC(=O)N[C@H](C)C(=O)Nc1ccc(OCC(C)C)c(Cl)c1. The number of carbonyl (C=O) groups excluding carboxylic acids is 2. The van der Waals surface area contributed by atoms with Gasteiger partial charge in [0.15, 0.2) is 0 Å². The molecule has 0 unspecified atom stereocenters. The quantitative estimate of drug-likeness (QED) is 0.848. The number of hydrogen-bond donors (Lipinski definition) is 2. The highest BCUT2D eigenvalue weighted by atomic mass is 35.5. The normalized spacial score (nSPS) is 11.9. The maximum absolute atomic E-state index is 11.9. The number of benzene rings is 1. The lowest BCUT2D eigenvalue weighted by Crippen LogP contribution is -2.40. The summed E-state index contributed by atoms with van der Waals surface area (Å²) >= 11 is 6.11. The van der Waals surface area contributed by atoms with Gasteiger partial charge >= 0.3 is 0 Å². The Labute approximate surface area is 130 Å². The number of ether oxygens (including phenoxy) is 1. The summed E-state index contributed by atoms with van der Waals surface area (Å²) in [4.78, 5) is 22.8. The van der Waals surface area contributed by atoms with Crippen molar-refractivity contribution < 1.29 is 14.3 Å². The molecule has 0 heterocycles. The molecule has 0 saturated heterocycles. The molecule has 0 fully saturated rings. The molecule has 0 radical (unpaired) electrons. The molecule has 0 aliphatic rings. The summed E-state index contributed by atoms with van der Waals surface area (Å²) in [5, 5.41) is 5.63. The van der Waals surface area contributed by atoms with Crippen LogP contribution in [0, 0.1) is 5.92 Å². The molecule has 21 heavy (non-hydrogen) atoms. The van der Waals surface area contributed by atoms with Gasteiger partial charge in [0.2, 0.25) is 11.8 Å². The number of carbonyl (C=O) groups is 2. The fourth-order valence-electron chi connectivity index (χ4n) is 1.57. The summed E-state index contributed by atoms with van der Waals surface area (Å²) in [6, 6.07) is 4.43. The van der Waals surface area contributed by atoms with Crippen LogP contribution >= 0.6 is 11.6 Å². The monoisotopic (exact) mass is 312 g/mol. The Balaban J connectivity index is 2.66. The van der Waals surface area contributed by atoms with Gasteiger partial charge in [0.05, 0.1) is 11.6 Å². The van der Waals surface area contributed by atoms with Crippen molar-refractivity contribution in [2.75, 3.05) is 11.9 Å². The third kappa shape index (κ3) is 6.04. The molecule has 0 bridgehead atoms. The Kier molecular flexibility index (Phi) is 6.49. The first kappa shape index (κ1) is 17.3. The number of nitrogens with one attached hydrogen (secondary N) is 2. The first-order valence-electron chi connectivity index (χ1n) is 6.80. The highest BCUT2D eigenvalue weighted by Crippen LogP contribution is 2.28. The lowest BCUT2D eigenvalue weighted by Gasteiger charge is -2.14. The van der Waals surface area contributed by atoms with Gasteiger partial charge in [-0.15, -0.1) is 0 Å². The zero-order valence-electron chi connectivity index (χ0n) is 12.7. The molecule has 1 aromatic carbocycles. The fourth-order valence-corrected chi connectivity index (χ4v) is 1.81. The second-order valence-corrected chi connectivity index (χ2v) is 5.67. The van der Waals surface area contributed by atoms with E-state index in [0.717, 1.165) is 0 Å². The summed E-state index contributed by atoms with van der Waals surface area (Å²) in [6.07, 6.45) is 0. The Morgan fingerprint density at radius 1 is 1.29 bits per heavy atom. The van der Waals surface area contributed by atoms with Crippen LogP contribution in [0.4, 0.5) is 5.69 Å². The summed E-state index contributed by atoms with van der Waals surface area (Å²) in [5.41, 5.74) is 0.555. The highest BCUT2D eigenvalue weighted by molar-refractivity contribution is 6.32. The Hall–Kier alpha value is -1.75. The number of hydrogen-bond acceptors (Lipinski definition) is 3. The molecule has 0 aromatic heterocycles. The molecule has 2 N–H and O–H groups in total. The van der Waals surface area contributed by atoms with Crippen LogP contribution in [0.2, 0.25) is 5.02 Å². The molecular formula is C15H21ClN2O3. The molecule has 2 amide bonds. The van der Waals surface area contributed by atoms with Crippen LogP contribution in [0.25, 0.3) is 0 Å². The van der Waals surface area contributed by atoms with Crippen molar-refractivity contribution in [3.05, 3.63) is 23.2 Å². The van der Waals surface area contributed by atoms with Gasteiger partial charge in [-0.2, -0.15) is 0 Å². The predicted molar refractivity (Wildman–Crippen MR) is 83.7 cm³/mol. The van der Waals surface area contributed by atoms with E-state index in [1.165, 1.54) is 6.92 Å². The summed E-state index contributed by atoms with van der Waals surface area (Å²) in [5.74, 6) is 0.419. The van der Waals surface area contributed by atoms with Crippen molar-refractivity contribution in [2.45, 2.75) is 33.7 Å². The van der Waals surface area contributed by atoms with Gasteiger partial charge in [-0.1, -0.05) is 25.4 Å². The van der Waals surface area contributed by atoms with Crippen molar-refractivity contribution >= 4 is 29.1 Å². The number of rotatable bonds is 6. The van der Waals surface area contributed by atoms with Gasteiger partial charge < -0.3 is 15.4 Å². The average Bonchev–Trinajstić information content (AvgIpc) is 2.36. The van der Waals surface area contributed by atoms with Crippen LogP contribution in [0.5, 0.6) is 5.75 Å². The second-order valence-electron chi connectivity index (χ2n) is 5.26. The van der Waals surface area contributed by atoms with Gasteiger partial charge in [-0.25, -0.2) is 0 Å². The Morgan fingerprint density at radius 3 is 2.48 bits per heavy atom. The molecular weight excluding hydrogens is 292 g/mol. The van der Waals surface area contributed by atoms with Crippen molar-refractivity contribution in [3.8, 4) is 5.75 Å². The third-order valence-electron chi connectivity index (χ3n) is 2.58. The summed E-state index contributed by atoms with van der Waals surface area (Å²) in [6.45, 7) is 7.64. The maximum atomic E-state index is 11.9. The number of amides is 2. The zero-order chi connectivity index (χ0) is 16.0. The zero-order valence-corrected chi connectivity index (χ0v) is 13.5. The topological polar surface area (TPSA) is 67.4 Å². The first-order chi connectivity index (χ1) is 9.79. The minimum atomic E-state index is -0.613. The van der Waals surface area contributed by atoms with Gasteiger partial charge in [0.1, 0.15) is 11.8 Å². The van der Waals surface area contributed by atoms with E-state index >= 15 is 0 Å². The van der Waals surface area contributed by atoms with E-state index < -0.39 is 6.04 Å². The van der Waals surface area contributed by atoms with Gasteiger partial charge in [-0.05, 0) is 31.0 Å². The Bertz CT molecular complexity index is 518. The van der Waals surface area contributed by atoms with E-state index in [2.05, 4.69) is 10.6 Å². The van der Waals surface area contributed by atoms with E-state index in [9.17, 15) is 9.59 Å². The van der Waals surface area contributed by atoms with Crippen LogP contribution in [-0.4, -0.2) is 24.5 Å². The van der Waals surface area contributed by atoms with Crippen molar-refractivity contribution in [2.24, 2.45) is 5.92 Å². The van der Waals surface area contributed by atoms with E-state index in [1.54, 1.807) is 25.1 Å². The van der Waals surface area contributed by atoms with Crippen LogP contribution in [0.3, 0.4) is 0 Å². The molecule has 0 aliphatic carbocycles. The van der Waals surface area contributed by atoms with Crippen LogP contribution in [0.15, 0.2) is 18.2 Å². The predicted octanol–water partition coefficient (Wildman–Crippen LogP) is 2.84. The molecule has 0 spiro atoms. The summed E-state index contributed by atoms with van der Waals surface area (Å²) < 4.78 is 5.56. The van der Waals surface area contributed by atoms with E-state index in [4.69, 9.17) is 16.3 Å². The Morgan fingerprint density at radius 2 is 1.95 bits per heavy atom. The molecule has 1 atom stereocenters. The first-order valence-corrected chi connectivity index (χ1v) is 7.17. The minimum Gasteiger partial charge on any atom is -0.492 e. The summed E-state index contributed by atoms with van der Waals surface area (Å²) in [7, 11) is 0. The van der Waals surface area contributed by atoms with Crippen LogP contribution in [-0.2, 0) is 9.59 Å². The molecule has 1 aromatic rings. The van der Waals surface area contributed by atoms with Gasteiger partial charge in [-0.3, -0.25) is 9.59 Å². The molecule has 6 heteroatoms. The van der Waals surface area contributed by atoms with Crippen molar-refractivity contribution in [1.29, 1.82) is 0 Å². The smallest absolute Gasteiger partial charge is 0.246 e. The maximum Gasteiger partial charge on any atom is 0.246 e. The molecule has 0 aliphatic heterocycles. The van der Waals surface area contributed by atoms with Crippen LogP contribution in [0.1, 0.15) is 27.7 Å². The molecule has 5 nitrogen and oxygen atoms in total. The average molecular weight is 313 g/mol. The van der Waals surface area contributed by atoms with Gasteiger partial charge in [0.25, 0.3) is 0 Å². The van der Waals surface area contributed by atoms with Crippen molar-refractivity contribution in [1.82, 2.24) is 5.32 Å². The molecule has 0 saturated carbocycles. The van der Waals surface area contributed by atoms with E-state index in [1.807, 2.05) is 13.8 Å². The number of halogens is 1. The third-order valence-corrected chi connectivity index (χ3v) is 2.88. The van der Waals surface area contributed by atoms with Crippen LogP contribution < -0.4 is 15.4 Å². The standard InChI is InChI=1S/C15H21ClN2O3/c1-9(2)8-21-14-6-5-12(7-13(14)16)18-15(20)10(3)17-11(4)19/h5-7,9-10H,8H2,1-4H3,(H,17,19)(H,18,20)/t10-/m1/s1. The fraction of sp³-hybridized carbons (Fsp3) is 0.467. The minimum absolute atomic E-state index is 0.256. The second kappa shape index (κ2) is 7.88. The van der Waals surface area contributed by atoms with E-state index in [0.29, 0.717) is 29.0 Å².